The van der Waals surface area contributed by atoms with Gasteiger partial charge in [-0.3, -0.25) is 0 Å². The summed E-state index contributed by atoms with van der Waals surface area (Å²) in [6.45, 7) is 8.36. The third kappa shape index (κ3) is 5.12. The number of aliphatic imine (C=N–C) groups is 1. The van der Waals surface area contributed by atoms with E-state index in [1.54, 1.807) is 24.3 Å². The molecule has 150 valence electrons. The van der Waals surface area contributed by atoms with Crippen molar-refractivity contribution in [3.63, 3.8) is 0 Å². The van der Waals surface area contributed by atoms with E-state index < -0.39 is 11.8 Å². The minimum absolute atomic E-state index is 0.0614. The smallest absolute Gasteiger partial charge is 0.363 e. The van der Waals surface area contributed by atoms with Crippen LogP contribution in [0.1, 0.15) is 25.0 Å². The number of carbonyl (C=O) groups excluding carboxylic acids is 1. The first-order valence-electron chi connectivity index (χ1n) is 8.89. The number of hydrogen-bond donors (Lipinski definition) is 0. The van der Waals surface area contributed by atoms with Gasteiger partial charge in [0.25, 0.3) is 0 Å². The number of carbonyl (C=O) groups is 1. The van der Waals surface area contributed by atoms with E-state index in [4.69, 9.17) is 14.2 Å². The van der Waals surface area contributed by atoms with Gasteiger partial charge in [-0.2, -0.15) is 0 Å². The van der Waals surface area contributed by atoms with E-state index in [-0.39, 0.29) is 11.6 Å². The molecule has 0 saturated carbocycles. The summed E-state index contributed by atoms with van der Waals surface area (Å²) in [6, 6.07) is 9.24. The highest BCUT2D eigenvalue weighted by Gasteiger charge is 2.24. The van der Waals surface area contributed by atoms with E-state index in [0.717, 1.165) is 5.57 Å². The summed E-state index contributed by atoms with van der Waals surface area (Å²) >= 11 is 3.48. The van der Waals surface area contributed by atoms with Gasteiger partial charge in [-0.15, -0.1) is 0 Å². The predicted molar refractivity (Wildman–Crippen MR) is 113 cm³/mol. The average molecular weight is 460 g/mol. The SMILES string of the molecule is C=C(C)COc1c(Br)cc(/C=C2\N=C(c3cccc(F)c3)OC2=O)cc1OCC. The highest BCUT2D eigenvalue weighted by Crippen LogP contribution is 2.38. The Hall–Kier alpha value is -2.93. The molecule has 0 bridgehead atoms. The van der Waals surface area contributed by atoms with E-state index in [1.165, 1.54) is 18.2 Å². The van der Waals surface area contributed by atoms with Crippen LogP contribution in [0.15, 0.2) is 63.7 Å². The number of hydrogen-bond acceptors (Lipinski definition) is 5. The number of cyclic esters (lactones) is 1. The van der Waals surface area contributed by atoms with Gasteiger partial charge in [0.15, 0.2) is 17.2 Å². The lowest BCUT2D eigenvalue weighted by Gasteiger charge is -2.14. The van der Waals surface area contributed by atoms with Crippen molar-refractivity contribution in [3.05, 3.63) is 75.7 Å². The normalized spacial score (nSPS) is 14.6. The lowest BCUT2D eigenvalue weighted by atomic mass is 10.1. The highest BCUT2D eigenvalue weighted by molar-refractivity contribution is 9.10. The molecule has 0 unspecified atom stereocenters. The van der Waals surface area contributed by atoms with Crippen LogP contribution in [-0.2, 0) is 9.53 Å². The monoisotopic (exact) mass is 459 g/mol. The predicted octanol–water partition coefficient (Wildman–Crippen LogP) is 5.29. The number of rotatable bonds is 7. The second-order valence-electron chi connectivity index (χ2n) is 6.36. The molecule has 1 heterocycles. The van der Waals surface area contributed by atoms with Gasteiger partial charge in [0.05, 0.1) is 11.1 Å². The molecule has 0 saturated heterocycles. The highest BCUT2D eigenvalue weighted by atomic mass is 79.9. The van der Waals surface area contributed by atoms with Gasteiger partial charge < -0.3 is 14.2 Å². The number of nitrogens with zero attached hydrogens (tertiary/aromatic N) is 1. The minimum atomic E-state index is -0.610. The molecule has 29 heavy (non-hydrogen) atoms. The molecule has 0 amide bonds. The molecule has 0 aromatic heterocycles. The van der Waals surface area contributed by atoms with Crippen LogP contribution in [0.25, 0.3) is 6.08 Å². The van der Waals surface area contributed by atoms with Crippen LogP contribution in [0.2, 0.25) is 0 Å². The van der Waals surface area contributed by atoms with E-state index in [1.807, 2.05) is 13.8 Å². The Bertz CT molecular complexity index is 1030. The summed E-state index contributed by atoms with van der Waals surface area (Å²) in [5.41, 5.74) is 2.04. The van der Waals surface area contributed by atoms with Gasteiger partial charge in [0.2, 0.25) is 5.90 Å². The third-order valence-corrected chi connectivity index (χ3v) is 4.38. The molecule has 2 aromatic rings. The Kier molecular flexibility index (Phi) is 6.49. The lowest BCUT2D eigenvalue weighted by molar-refractivity contribution is -0.129. The van der Waals surface area contributed by atoms with Crippen LogP contribution in [0, 0.1) is 5.82 Å². The molecule has 0 radical (unpaired) electrons. The minimum Gasteiger partial charge on any atom is -0.490 e. The number of ether oxygens (including phenoxy) is 3. The second-order valence-corrected chi connectivity index (χ2v) is 7.21. The first-order valence-corrected chi connectivity index (χ1v) is 9.68. The van der Waals surface area contributed by atoms with Crippen molar-refractivity contribution in [2.75, 3.05) is 13.2 Å². The summed E-state index contributed by atoms with van der Waals surface area (Å²) < 4.78 is 30.7. The van der Waals surface area contributed by atoms with Crippen molar-refractivity contribution in [2.24, 2.45) is 4.99 Å². The molecule has 0 atom stereocenters. The van der Waals surface area contributed by atoms with Gasteiger partial charge in [-0.25, -0.2) is 14.2 Å². The Morgan fingerprint density at radius 3 is 2.79 bits per heavy atom. The van der Waals surface area contributed by atoms with Crippen LogP contribution >= 0.6 is 15.9 Å². The molecule has 0 aliphatic carbocycles. The first kappa shape index (κ1) is 20.8. The van der Waals surface area contributed by atoms with E-state index in [0.29, 0.717) is 40.3 Å². The fourth-order valence-corrected chi connectivity index (χ4v) is 3.16. The molecule has 0 N–H and O–H groups in total. The molecular weight excluding hydrogens is 441 g/mol. The topological polar surface area (TPSA) is 57.1 Å². The molecular formula is C22H19BrFNO4. The molecule has 3 rings (SSSR count). The summed E-state index contributed by atoms with van der Waals surface area (Å²) in [5.74, 6) is 0.0900. The van der Waals surface area contributed by atoms with Crippen molar-refractivity contribution in [1.29, 1.82) is 0 Å². The number of benzene rings is 2. The zero-order chi connectivity index (χ0) is 21.0. The summed E-state index contributed by atoms with van der Waals surface area (Å²) in [5, 5.41) is 0. The van der Waals surface area contributed by atoms with Crippen LogP contribution in [0.3, 0.4) is 0 Å². The number of halogens is 2. The van der Waals surface area contributed by atoms with Gasteiger partial charge in [-0.1, -0.05) is 12.6 Å². The second kappa shape index (κ2) is 9.05. The Morgan fingerprint density at radius 1 is 1.31 bits per heavy atom. The Morgan fingerprint density at radius 2 is 2.10 bits per heavy atom. The summed E-state index contributed by atoms with van der Waals surface area (Å²) in [6.07, 6.45) is 1.57. The maximum atomic E-state index is 13.4. The fourth-order valence-electron chi connectivity index (χ4n) is 2.58. The summed E-state index contributed by atoms with van der Waals surface area (Å²) in [4.78, 5) is 16.4. The van der Waals surface area contributed by atoms with Crippen molar-refractivity contribution in [2.45, 2.75) is 13.8 Å². The lowest BCUT2D eigenvalue weighted by Crippen LogP contribution is -2.05. The van der Waals surface area contributed by atoms with Crippen molar-refractivity contribution in [3.8, 4) is 11.5 Å². The standard InChI is InChI=1S/C22H19BrFNO4/c1-4-27-19-10-14(8-17(23)20(19)28-12-13(2)3)9-18-22(26)29-21(25-18)15-6-5-7-16(24)11-15/h5-11H,2,4,12H2,1,3H3/b18-9-. The van der Waals surface area contributed by atoms with Crippen molar-refractivity contribution < 1.29 is 23.4 Å². The molecule has 5 nitrogen and oxygen atoms in total. The Labute approximate surface area is 176 Å². The zero-order valence-electron chi connectivity index (χ0n) is 16.0. The van der Waals surface area contributed by atoms with E-state index in [2.05, 4.69) is 27.5 Å². The molecule has 0 spiro atoms. The molecule has 1 aliphatic rings. The van der Waals surface area contributed by atoms with Crippen LogP contribution in [-0.4, -0.2) is 25.1 Å². The number of esters is 1. The van der Waals surface area contributed by atoms with E-state index >= 15 is 0 Å². The maximum absolute atomic E-state index is 13.4. The van der Waals surface area contributed by atoms with Gasteiger partial charge in [0.1, 0.15) is 12.4 Å². The third-order valence-electron chi connectivity index (χ3n) is 3.79. The molecule has 0 fully saturated rings. The van der Waals surface area contributed by atoms with Crippen molar-refractivity contribution in [1.82, 2.24) is 0 Å². The van der Waals surface area contributed by atoms with Crippen LogP contribution in [0.5, 0.6) is 11.5 Å². The van der Waals surface area contributed by atoms with E-state index in [9.17, 15) is 9.18 Å². The first-order chi connectivity index (χ1) is 13.9. The van der Waals surface area contributed by atoms with Gasteiger partial charge >= 0.3 is 5.97 Å². The van der Waals surface area contributed by atoms with Crippen molar-refractivity contribution >= 4 is 33.9 Å². The average Bonchev–Trinajstić information content (AvgIpc) is 3.02. The van der Waals surface area contributed by atoms with Gasteiger partial charge in [0, 0.05) is 5.56 Å². The Balaban J connectivity index is 1.94. The maximum Gasteiger partial charge on any atom is 0.363 e. The van der Waals surface area contributed by atoms with Gasteiger partial charge in [-0.05, 0) is 77.3 Å². The molecule has 1 aliphatic heterocycles. The van der Waals surface area contributed by atoms with Crippen LogP contribution < -0.4 is 9.47 Å². The fraction of sp³-hybridized carbons (Fsp3) is 0.182. The van der Waals surface area contributed by atoms with Crippen LogP contribution in [0.4, 0.5) is 4.39 Å². The summed E-state index contributed by atoms with van der Waals surface area (Å²) in [7, 11) is 0. The molecule has 7 heteroatoms. The molecule has 2 aromatic carbocycles. The largest absolute Gasteiger partial charge is 0.490 e. The quantitative estimate of drug-likeness (QED) is 0.320. The zero-order valence-corrected chi connectivity index (χ0v) is 17.6.